The first-order valence-corrected chi connectivity index (χ1v) is 7.26. The predicted octanol–water partition coefficient (Wildman–Crippen LogP) is 1.70. The summed E-state index contributed by atoms with van der Waals surface area (Å²) in [5.74, 6) is 0.656. The minimum absolute atomic E-state index is 0.0747. The van der Waals surface area contributed by atoms with Crippen molar-refractivity contribution in [2.45, 2.75) is 26.4 Å². The van der Waals surface area contributed by atoms with Crippen LogP contribution in [0.15, 0.2) is 18.2 Å². The molecule has 0 radical (unpaired) electrons. The van der Waals surface area contributed by atoms with Crippen LogP contribution < -0.4 is 20.1 Å². The number of carbonyl (C=O) groups excluding carboxylic acids is 2. The molecule has 1 aromatic rings. The zero-order valence-electron chi connectivity index (χ0n) is 14.1. The minimum Gasteiger partial charge on any atom is -0.493 e. The first-order valence-electron chi connectivity index (χ1n) is 7.26. The molecule has 1 aromatic carbocycles. The summed E-state index contributed by atoms with van der Waals surface area (Å²) in [5.41, 5.74) is 0.844. The van der Waals surface area contributed by atoms with Gasteiger partial charge in [0.15, 0.2) is 11.5 Å². The average molecular weight is 324 g/mol. The second-order valence-electron chi connectivity index (χ2n) is 5.26. The van der Waals surface area contributed by atoms with E-state index in [4.69, 9.17) is 9.47 Å². The number of ether oxygens (including phenoxy) is 3. The van der Waals surface area contributed by atoms with Crippen molar-refractivity contribution in [1.82, 2.24) is 10.6 Å². The molecule has 128 valence electrons. The molecule has 7 nitrogen and oxygen atoms in total. The van der Waals surface area contributed by atoms with E-state index in [1.54, 1.807) is 26.4 Å². The number of amides is 2. The largest absolute Gasteiger partial charge is 0.493 e. The lowest BCUT2D eigenvalue weighted by Crippen LogP contribution is -2.48. The van der Waals surface area contributed by atoms with Gasteiger partial charge in [0.1, 0.15) is 6.04 Å². The van der Waals surface area contributed by atoms with E-state index >= 15 is 0 Å². The van der Waals surface area contributed by atoms with E-state index in [2.05, 4.69) is 15.4 Å². The highest BCUT2D eigenvalue weighted by molar-refractivity contribution is 5.83. The van der Waals surface area contributed by atoms with Gasteiger partial charge in [0.05, 0.1) is 21.3 Å². The molecule has 0 saturated carbocycles. The van der Waals surface area contributed by atoms with Crippen LogP contribution in [0.4, 0.5) is 4.79 Å². The van der Waals surface area contributed by atoms with E-state index in [9.17, 15) is 9.59 Å². The molecule has 0 aliphatic heterocycles. The summed E-state index contributed by atoms with van der Waals surface area (Å²) in [6, 6.07) is 4.23. The van der Waals surface area contributed by atoms with Crippen LogP contribution in [0.3, 0.4) is 0 Å². The number of benzene rings is 1. The van der Waals surface area contributed by atoms with Crippen molar-refractivity contribution < 1.29 is 23.8 Å². The zero-order valence-corrected chi connectivity index (χ0v) is 14.1. The van der Waals surface area contributed by atoms with Gasteiger partial charge in [-0.05, 0) is 23.6 Å². The van der Waals surface area contributed by atoms with Gasteiger partial charge in [0.25, 0.3) is 0 Å². The molecule has 0 bridgehead atoms. The lowest BCUT2D eigenvalue weighted by Gasteiger charge is -2.20. The molecule has 2 N–H and O–H groups in total. The quantitative estimate of drug-likeness (QED) is 0.746. The van der Waals surface area contributed by atoms with Crippen molar-refractivity contribution >= 4 is 12.0 Å². The molecular weight excluding hydrogens is 300 g/mol. The van der Waals surface area contributed by atoms with Gasteiger partial charge in [0, 0.05) is 6.54 Å². The van der Waals surface area contributed by atoms with Crippen LogP contribution in [-0.4, -0.2) is 39.4 Å². The van der Waals surface area contributed by atoms with Crippen LogP contribution in [-0.2, 0) is 16.1 Å². The summed E-state index contributed by atoms with van der Waals surface area (Å²) in [4.78, 5) is 23.6. The van der Waals surface area contributed by atoms with Crippen LogP contribution in [0.1, 0.15) is 19.4 Å². The van der Waals surface area contributed by atoms with Crippen molar-refractivity contribution in [1.29, 1.82) is 0 Å². The molecule has 0 aliphatic carbocycles. The summed E-state index contributed by atoms with van der Waals surface area (Å²) >= 11 is 0. The Bertz CT molecular complexity index is 545. The lowest BCUT2D eigenvalue weighted by atomic mass is 10.1. The van der Waals surface area contributed by atoms with E-state index in [1.807, 2.05) is 19.9 Å². The molecule has 0 fully saturated rings. The molecule has 1 atom stereocenters. The summed E-state index contributed by atoms with van der Waals surface area (Å²) in [6.07, 6.45) is 0. The number of urea groups is 1. The number of methoxy groups -OCH3 is 3. The Morgan fingerprint density at radius 2 is 1.74 bits per heavy atom. The van der Waals surface area contributed by atoms with Crippen LogP contribution in [0, 0.1) is 5.92 Å². The number of nitrogens with one attached hydrogen (secondary N) is 2. The molecule has 7 heteroatoms. The van der Waals surface area contributed by atoms with Gasteiger partial charge in [-0.3, -0.25) is 0 Å². The molecule has 0 saturated heterocycles. The fourth-order valence-electron chi connectivity index (χ4n) is 1.99. The van der Waals surface area contributed by atoms with E-state index in [1.165, 1.54) is 7.11 Å². The maximum Gasteiger partial charge on any atom is 0.328 e. The third-order valence-corrected chi connectivity index (χ3v) is 3.31. The highest BCUT2D eigenvalue weighted by Crippen LogP contribution is 2.27. The van der Waals surface area contributed by atoms with E-state index in [0.717, 1.165) is 5.56 Å². The molecule has 2 amide bonds. The highest BCUT2D eigenvalue weighted by atomic mass is 16.5. The van der Waals surface area contributed by atoms with Crippen molar-refractivity contribution in [3.63, 3.8) is 0 Å². The second kappa shape index (κ2) is 8.87. The maximum atomic E-state index is 11.9. The highest BCUT2D eigenvalue weighted by Gasteiger charge is 2.24. The molecule has 0 heterocycles. The van der Waals surface area contributed by atoms with Crippen LogP contribution in [0.5, 0.6) is 11.5 Å². The number of hydrogen-bond donors (Lipinski definition) is 2. The molecule has 0 spiro atoms. The summed E-state index contributed by atoms with van der Waals surface area (Å²) in [7, 11) is 4.40. The van der Waals surface area contributed by atoms with Gasteiger partial charge in [-0.1, -0.05) is 19.9 Å². The summed E-state index contributed by atoms with van der Waals surface area (Å²) in [5, 5.41) is 5.31. The van der Waals surface area contributed by atoms with Crippen LogP contribution in [0.25, 0.3) is 0 Å². The number of esters is 1. The van der Waals surface area contributed by atoms with Gasteiger partial charge in [0.2, 0.25) is 0 Å². The van der Waals surface area contributed by atoms with E-state index < -0.39 is 18.0 Å². The Balaban J connectivity index is 2.63. The standard InChI is InChI=1S/C16H24N2O5/c1-10(2)14(15(19)23-5)18-16(20)17-9-11-6-7-12(21-3)13(8-11)22-4/h6-8,10,14H,9H2,1-5H3,(H2,17,18,20). The third kappa shape index (κ3) is 5.36. The van der Waals surface area contributed by atoms with Crippen molar-refractivity contribution in [2.24, 2.45) is 5.92 Å². The molecular formula is C16H24N2O5. The Kier molecular flexibility index (Phi) is 7.18. The van der Waals surface area contributed by atoms with Gasteiger partial charge in [-0.15, -0.1) is 0 Å². The smallest absolute Gasteiger partial charge is 0.328 e. The second-order valence-corrected chi connectivity index (χ2v) is 5.26. The van der Waals surface area contributed by atoms with Crippen molar-refractivity contribution in [3.8, 4) is 11.5 Å². The number of carbonyl (C=O) groups is 2. The van der Waals surface area contributed by atoms with Gasteiger partial charge in [-0.25, -0.2) is 9.59 Å². The molecule has 0 aliphatic rings. The van der Waals surface area contributed by atoms with E-state index in [0.29, 0.717) is 11.5 Å². The van der Waals surface area contributed by atoms with E-state index in [-0.39, 0.29) is 12.5 Å². The SMILES string of the molecule is COC(=O)C(NC(=O)NCc1ccc(OC)c(OC)c1)C(C)C. The fourth-order valence-corrected chi connectivity index (χ4v) is 1.99. The summed E-state index contributed by atoms with van der Waals surface area (Å²) < 4.78 is 15.1. The Labute approximate surface area is 136 Å². The van der Waals surface area contributed by atoms with Gasteiger partial charge < -0.3 is 24.8 Å². The Morgan fingerprint density at radius 1 is 1.09 bits per heavy atom. The first-order chi connectivity index (χ1) is 10.9. The monoisotopic (exact) mass is 324 g/mol. The fraction of sp³-hybridized carbons (Fsp3) is 0.500. The molecule has 1 unspecified atom stereocenters. The zero-order chi connectivity index (χ0) is 17.4. The van der Waals surface area contributed by atoms with Crippen LogP contribution in [0.2, 0.25) is 0 Å². The lowest BCUT2D eigenvalue weighted by molar-refractivity contribution is -0.143. The van der Waals surface area contributed by atoms with Gasteiger partial charge >= 0.3 is 12.0 Å². The molecule has 0 aromatic heterocycles. The molecule has 23 heavy (non-hydrogen) atoms. The maximum absolute atomic E-state index is 11.9. The van der Waals surface area contributed by atoms with Crippen LogP contribution >= 0.6 is 0 Å². The Morgan fingerprint density at radius 3 is 2.26 bits per heavy atom. The predicted molar refractivity (Wildman–Crippen MR) is 85.6 cm³/mol. The normalized spacial score (nSPS) is 11.6. The van der Waals surface area contributed by atoms with Crippen molar-refractivity contribution in [3.05, 3.63) is 23.8 Å². The molecule has 1 rings (SSSR count). The van der Waals surface area contributed by atoms with Crippen molar-refractivity contribution in [2.75, 3.05) is 21.3 Å². The minimum atomic E-state index is -0.689. The number of rotatable bonds is 7. The number of hydrogen-bond acceptors (Lipinski definition) is 5. The Hall–Kier alpha value is -2.44. The first kappa shape index (κ1) is 18.6. The topological polar surface area (TPSA) is 85.9 Å². The van der Waals surface area contributed by atoms with Gasteiger partial charge in [-0.2, -0.15) is 0 Å². The summed E-state index contributed by atoms with van der Waals surface area (Å²) in [6.45, 7) is 3.95. The third-order valence-electron chi connectivity index (χ3n) is 3.31. The average Bonchev–Trinajstić information content (AvgIpc) is 2.56.